The number of carbonyl (C=O) groups is 3. The van der Waals surface area contributed by atoms with E-state index in [-0.39, 0.29) is 40.2 Å². The van der Waals surface area contributed by atoms with Crippen molar-refractivity contribution in [1.29, 1.82) is 0 Å². The second-order valence-corrected chi connectivity index (χ2v) is 10.9. The van der Waals surface area contributed by atoms with Gasteiger partial charge in [-0.2, -0.15) is 4.37 Å². The molecule has 36 heavy (non-hydrogen) atoms. The standard InChI is InChI=1S/C26H34ClN5O3S/c1-2-20(24(33)29-17-10-6-7-11-17)32(19-14-12-16(27)13-15-19)26(35)23-21(28)22(31-36-23)25(34)30-18-8-4-3-5-9-18/h12-15,17-18,20H,2-11,28H2,1H3,(H,29,33)(H,30,34)/t20-/m0/s1. The van der Waals surface area contributed by atoms with Gasteiger partial charge in [0.05, 0.1) is 5.69 Å². The Kier molecular flexibility index (Phi) is 8.85. The van der Waals surface area contributed by atoms with Gasteiger partial charge in [-0.3, -0.25) is 19.3 Å². The zero-order chi connectivity index (χ0) is 25.7. The molecule has 194 valence electrons. The Bertz CT molecular complexity index is 1080. The number of aromatic nitrogens is 1. The number of amides is 3. The quantitative estimate of drug-likeness (QED) is 0.446. The highest BCUT2D eigenvalue weighted by Crippen LogP contribution is 2.30. The average molecular weight is 532 g/mol. The average Bonchev–Trinajstić information content (AvgIpc) is 3.53. The van der Waals surface area contributed by atoms with Gasteiger partial charge in [-0.1, -0.05) is 50.6 Å². The van der Waals surface area contributed by atoms with Crippen molar-refractivity contribution in [2.45, 2.75) is 89.3 Å². The molecule has 2 aromatic rings. The van der Waals surface area contributed by atoms with Gasteiger partial charge in [-0.25, -0.2) is 0 Å². The Morgan fingerprint density at radius 3 is 2.22 bits per heavy atom. The summed E-state index contributed by atoms with van der Waals surface area (Å²) in [6.07, 6.45) is 9.67. The molecule has 1 atom stereocenters. The van der Waals surface area contributed by atoms with E-state index in [4.69, 9.17) is 17.3 Å². The van der Waals surface area contributed by atoms with Crippen LogP contribution in [0.4, 0.5) is 11.4 Å². The number of nitrogens with two attached hydrogens (primary N) is 1. The number of halogens is 1. The van der Waals surface area contributed by atoms with Gasteiger partial charge in [-0.15, -0.1) is 0 Å². The van der Waals surface area contributed by atoms with E-state index >= 15 is 0 Å². The molecule has 0 radical (unpaired) electrons. The summed E-state index contributed by atoms with van der Waals surface area (Å²) in [5.41, 5.74) is 6.95. The van der Waals surface area contributed by atoms with Crippen molar-refractivity contribution in [2.75, 3.05) is 10.6 Å². The van der Waals surface area contributed by atoms with E-state index < -0.39 is 11.9 Å². The minimum absolute atomic E-state index is 0.0447. The second-order valence-electron chi connectivity index (χ2n) is 9.65. The number of rotatable bonds is 8. The number of nitrogens with zero attached hydrogens (tertiary/aromatic N) is 2. The van der Waals surface area contributed by atoms with Gasteiger partial charge >= 0.3 is 0 Å². The summed E-state index contributed by atoms with van der Waals surface area (Å²) in [5.74, 6) is -1.03. The molecule has 2 saturated carbocycles. The highest BCUT2D eigenvalue weighted by Gasteiger charge is 2.35. The monoisotopic (exact) mass is 531 g/mol. The fourth-order valence-electron chi connectivity index (χ4n) is 5.12. The van der Waals surface area contributed by atoms with Gasteiger partial charge in [0.15, 0.2) is 5.69 Å². The third-order valence-corrected chi connectivity index (χ3v) is 8.21. The fraction of sp³-hybridized carbons (Fsp3) is 0.538. The zero-order valence-corrected chi connectivity index (χ0v) is 22.2. The molecule has 8 nitrogen and oxygen atoms in total. The minimum Gasteiger partial charge on any atom is -0.395 e. The summed E-state index contributed by atoms with van der Waals surface area (Å²) in [5, 5.41) is 6.65. The first kappa shape index (κ1) is 26.4. The second kappa shape index (κ2) is 12.1. The first-order valence-corrected chi connectivity index (χ1v) is 14.0. The summed E-state index contributed by atoms with van der Waals surface area (Å²) in [7, 11) is 0. The number of nitrogen functional groups attached to an aromatic ring is 1. The summed E-state index contributed by atoms with van der Waals surface area (Å²) < 4.78 is 4.24. The lowest BCUT2D eigenvalue weighted by Gasteiger charge is -2.31. The number of nitrogens with one attached hydrogen (secondary N) is 2. The van der Waals surface area contributed by atoms with Crippen LogP contribution in [0, 0.1) is 0 Å². The predicted octanol–water partition coefficient (Wildman–Crippen LogP) is 4.93. The van der Waals surface area contributed by atoms with E-state index in [0.717, 1.165) is 62.9 Å². The predicted molar refractivity (Wildman–Crippen MR) is 144 cm³/mol. The van der Waals surface area contributed by atoms with Gasteiger partial charge in [0, 0.05) is 22.8 Å². The van der Waals surface area contributed by atoms with E-state index in [0.29, 0.717) is 17.1 Å². The van der Waals surface area contributed by atoms with Gasteiger partial charge in [0.1, 0.15) is 10.9 Å². The van der Waals surface area contributed by atoms with Crippen LogP contribution in [0.25, 0.3) is 0 Å². The molecule has 0 aliphatic heterocycles. The Morgan fingerprint density at radius 1 is 1.03 bits per heavy atom. The SMILES string of the molecule is CC[C@@H](C(=O)NC1CCCC1)N(C(=O)c1snc(C(=O)NC2CCCCC2)c1N)c1ccc(Cl)cc1. The third-order valence-electron chi connectivity index (χ3n) is 7.10. The summed E-state index contributed by atoms with van der Waals surface area (Å²) in [4.78, 5) is 41.7. The van der Waals surface area contributed by atoms with Crippen molar-refractivity contribution in [3.05, 3.63) is 39.9 Å². The Balaban J connectivity index is 1.60. The van der Waals surface area contributed by atoms with Crippen LogP contribution >= 0.6 is 23.1 Å². The van der Waals surface area contributed by atoms with E-state index in [1.807, 2.05) is 6.92 Å². The molecular formula is C26H34ClN5O3S. The van der Waals surface area contributed by atoms with Crippen molar-refractivity contribution in [1.82, 2.24) is 15.0 Å². The van der Waals surface area contributed by atoms with Crippen LogP contribution in [0.5, 0.6) is 0 Å². The molecule has 1 aromatic heterocycles. The maximum Gasteiger partial charge on any atom is 0.273 e. The number of hydrogen-bond acceptors (Lipinski definition) is 6. The molecule has 0 unspecified atom stereocenters. The lowest BCUT2D eigenvalue weighted by atomic mass is 9.95. The normalized spacial score (nSPS) is 17.5. The third kappa shape index (κ3) is 6.00. The lowest BCUT2D eigenvalue weighted by Crippen LogP contribution is -2.51. The molecular weight excluding hydrogens is 498 g/mol. The van der Waals surface area contributed by atoms with Crippen LogP contribution in [-0.4, -0.2) is 40.2 Å². The van der Waals surface area contributed by atoms with Gasteiger partial charge < -0.3 is 16.4 Å². The van der Waals surface area contributed by atoms with Crippen LogP contribution in [0.15, 0.2) is 24.3 Å². The van der Waals surface area contributed by atoms with Crippen LogP contribution in [0.3, 0.4) is 0 Å². The maximum absolute atomic E-state index is 13.9. The van der Waals surface area contributed by atoms with E-state index in [1.165, 1.54) is 11.3 Å². The highest BCUT2D eigenvalue weighted by atomic mass is 35.5. The van der Waals surface area contributed by atoms with E-state index in [1.54, 1.807) is 24.3 Å². The molecule has 2 aliphatic carbocycles. The molecule has 0 saturated heterocycles. The molecule has 2 fully saturated rings. The molecule has 10 heteroatoms. The van der Waals surface area contributed by atoms with Crippen LogP contribution in [0.2, 0.25) is 5.02 Å². The molecule has 4 rings (SSSR count). The molecule has 3 amide bonds. The molecule has 1 aromatic carbocycles. The minimum atomic E-state index is -0.750. The first-order valence-electron chi connectivity index (χ1n) is 12.8. The topological polar surface area (TPSA) is 117 Å². The van der Waals surface area contributed by atoms with E-state index in [2.05, 4.69) is 15.0 Å². The zero-order valence-electron chi connectivity index (χ0n) is 20.6. The summed E-state index contributed by atoms with van der Waals surface area (Å²) in [6, 6.07) is 6.24. The van der Waals surface area contributed by atoms with Gasteiger partial charge in [0.2, 0.25) is 5.91 Å². The smallest absolute Gasteiger partial charge is 0.273 e. The van der Waals surface area contributed by atoms with Crippen molar-refractivity contribution in [3.63, 3.8) is 0 Å². The summed E-state index contributed by atoms with van der Waals surface area (Å²) >= 11 is 6.98. The van der Waals surface area contributed by atoms with Gasteiger partial charge in [0.25, 0.3) is 11.8 Å². The molecule has 0 spiro atoms. The van der Waals surface area contributed by atoms with Crippen LogP contribution in [-0.2, 0) is 4.79 Å². The van der Waals surface area contributed by atoms with Crippen molar-refractivity contribution in [3.8, 4) is 0 Å². The molecule has 1 heterocycles. The lowest BCUT2D eigenvalue weighted by molar-refractivity contribution is -0.123. The Hall–Kier alpha value is -2.65. The maximum atomic E-state index is 13.9. The molecule has 4 N–H and O–H groups in total. The van der Waals surface area contributed by atoms with Gasteiger partial charge in [-0.05, 0) is 67.9 Å². The number of anilines is 2. The number of carbonyl (C=O) groups excluding carboxylic acids is 3. The summed E-state index contributed by atoms with van der Waals surface area (Å²) in [6.45, 7) is 1.87. The van der Waals surface area contributed by atoms with Crippen molar-refractivity contribution in [2.24, 2.45) is 0 Å². The van der Waals surface area contributed by atoms with Crippen molar-refractivity contribution >= 4 is 52.2 Å². The number of hydrogen-bond donors (Lipinski definition) is 3. The van der Waals surface area contributed by atoms with E-state index in [9.17, 15) is 14.4 Å². The van der Waals surface area contributed by atoms with Crippen LogP contribution < -0.4 is 21.3 Å². The molecule has 0 bridgehead atoms. The Labute approximate surface area is 221 Å². The highest BCUT2D eigenvalue weighted by molar-refractivity contribution is 7.09. The van der Waals surface area contributed by atoms with Crippen molar-refractivity contribution < 1.29 is 14.4 Å². The molecule has 2 aliphatic rings. The Morgan fingerprint density at radius 2 is 1.61 bits per heavy atom. The largest absolute Gasteiger partial charge is 0.395 e. The first-order chi connectivity index (χ1) is 17.4. The number of benzene rings is 1. The van der Waals surface area contributed by atoms with Crippen LogP contribution in [0.1, 0.15) is 91.3 Å². The fourth-order valence-corrected chi connectivity index (χ4v) is 5.98.